The molecule has 1 aliphatic heterocycles. The fourth-order valence-electron chi connectivity index (χ4n) is 1.20. The van der Waals surface area contributed by atoms with Gasteiger partial charge in [0.15, 0.2) is 0 Å². The number of hydrogen-bond donors (Lipinski definition) is 3. The van der Waals surface area contributed by atoms with Crippen LogP contribution in [0.4, 0.5) is 0 Å². The van der Waals surface area contributed by atoms with Crippen LogP contribution in [0.15, 0.2) is 0 Å². The van der Waals surface area contributed by atoms with Crippen LogP contribution in [0, 0.1) is 0 Å². The molecular weight excluding hydrogens is 150 g/mol. The summed E-state index contributed by atoms with van der Waals surface area (Å²) in [5.41, 5.74) is 0. The van der Waals surface area contributed by atoms with Gasteiger partial charge in [-0.3, -0.25) is 9.11 Å². The van der Waals surface area contributed by atoms with Crippen molar-refractivity contribution in [2.45, 2.75) is 18.9 Å². The number of hydrogen-bond acceptors (Lipinski definition) is 3. The Morgan fingerprint density at radius 1 is 1.30 bits per heavy atom. The van der Waals surface area contributed by atoms with E-state index in [1.807, 2.05) is 7.05 Å². The van der Waals surface area contributed by atoms with Crippen LogP contribution in [0.5, 0.6) is 0 Å². The Hall–Kier alpha value is 0.230. The zero-order chi connectivity index (χ0) is 7.61. The van der Waals surface area contributed by atoms with Gasteiger partial charge in [0.2, 0.25) is 0 Å². The van der Waals surface area contributed by atoms with E-state index in [0.29, 0.717) is 17.5 Å². The molecule has 0 saturated carbocycles. The van der Waals surface area contributed by atoms with Crippen molar-refractivity contribution < 1.29 is 9.11 Å². The van der Waals surface area contributed by atoms with Crippen LogP contribution in [0.2, 0.25) is 0 Å². The maximum absolute atomic E-state index is 9.20. The molecule has 0 bridgehead atoms. The molecule has 1 rings (SSSR count). The minimum Gasteiger partial charge on any atom is -0.317 e. The molecular formula is C6H15NO2S. The lowest BCUT2D eigenvalue weighted by molar-refractivity contribution is 0.437. The molecule has 3 nitrogen and oxygen atoms in total. The minimum atomic E-state index is -2.17. The molecule has 0 aromatic rings. The van der Waals surface area contributed by atoms with Gasteiger partial charge in [-0.25, -0.2) is 0 Å². The van der Waals surface area contributed by atoms with Crippen molar-refractivity contribution in [3.05, 3.63) is 0 Å². The third-order valence-electron chi connectivity index (χ3n) is 1.99. The van der Waals surface area contributed by atoms with Crippen LogP contribution in [-0.4, -0.2) is 33.7 Å². The smallest absolute Gasteiger partial charge is 0.0389 e. The molecule has 0 aromatic heterocycles. The summed E-state index contributed by atoms with van der Waals surface area (Å²) in [7, 11) is -0.247. The fraction of sp³-hybridized carbons (Fsp3) is 1.00. The Kier molecular flexibility index (Phi) is 2.57. The SMILES string of the molecule is CNC1CCS(O)(O)CC1. The van der Waals surface area contributed by atoms with Gasteiger partial charge in [-0.05, 0) is 19.9 Å². The Morgan fingerprint density at radius 3 is 2.20 bits per heavy atom. The predicted molar refractivity (Wildman–Crippen MR) is 44.7 cm³/mol. The zero-order valence-corrected chi connectivity index (χ0v) is 7.02. The molecule has 1 heterocycles. The molecule has 0 atom stereocenters. The van der Waals surface area contributed by atoms with E-state index in [2.05, 4.69) is 5.32 Å². The van der Waals surface area contributed by atoms with Crippen LogP contribution in [0.25, 0.3) is 0 Å². The van der Waals surface area contributed by atoms with Gasteiger partial charge in [-0.1, -0.05) is 0 Å². The summed E-state index contributed by atoms with van der Waals surface area (Å²) >= 11 is 0. The Labute approximate surface area is 63.2 Å². The van der Waals surface area contributed by atoms with Crippen molar-refractivity contribution in [1.29, 1.82) is 0 Å². The first kappa shape index (κ1) is 8.33. The molecule has 0 aliphatic carbocycles. The topological polar surface area (TPSA) is 52.5 Å². The Morgan fingerprint density at radius 2 is 1.80 bits per heavy atom. The second-order valence-electron chi connectivity index (χ2n) is 2.77. The van der Waals surface area contributed by atoms with Gasteiger partial charge >= 0.3 is 0 Å². The van der Waals surface area contributed by atoms with E-state index in [1.54, 1.807) is 0 Å². The average Bonchev–Trinajstić information content (AvgIpc) is 1.88. The van der Waals surface area contributed by atoms with Crippen LogP contribution in [0.1, 0.15) is 12.8 Å². The fourth-order valence-corrected chi connectivity index (χ4v) is 2.73. The van der Waals surface area contributed by atoms with Gasteiger partial charge in [-0.15, -0.1) is 0 Å². The standard InChI is InChI=1S/C6H15NO2S/c1-7-6-2-4-10(8,9)5-3-6/h6-9H,2-5H2,1H3. The highest BCUT2D eigenvalue weighted by molar-refractivity contribution is 8.24. The lowest BCUT2D eigenvalue weighted by Crippen LogP contribution is -2.33. The Balaban J connectivity index is 2.31. The molecule has 1 aliphatic rings. The molecule has 0 radical (unpaired) electrons. The third-order valence-corrected chi connectivity index (χ3v) is 3.77. The molecule has 4 heteroatoms. The highest BCUT2D eigenvalue weighted by Gasteiger charge is 2.22. The summed E-state index contributed by atoms with van der Waals surface area (Å²) in [5, 5.41) is 3.13. The van der Waals surface area contributed by atoms with Crippen molar-refractivity contribution in [3.8, 4) is 0 Å². The van der Waals surface area contributed by atoms with E-state index in [4.69, 9.17) is 0 Å². The molecule has 0 amide bonds. The van der Waals surface area contributed by atoms with E-state index in [9.17, 15) is 9.11 Å². The molecule has 3 N–H and O–H groups in total. The van der Waals surface area contributed by atoms with E-state index in [-0.39, 0.29) is 0 Å². The van der Waals surface area contributed by atoms with Crippen LogP contribution in [0.3, 0.4) is 0 Å². The van der Waals surface area contributed by atoms with Gasteiger partial charge < -0.3 is 5.32 Å². The maximum Gasteiger partial charge on any atom is 0.0389 e. The number of rotatable bonds is 1. The molecule has 0 spiro atoms. The van der Waals surface area contributed by atoms with Crippen LogP contribution >= 0.6 is 10.6 Å². The number of nitrogens with one attached hydrogen (secondary N) is 1. The zero-order valence-electron chi connectivity index (χ0n) is 6.21. The molecule has 62 valence electrons. The summed E-state index contributed by atoms with van der Waals surface area (Å²) in [6.07, 6.45) is 1.80. The van der Waals surface area contributed by atoms with E-state index >= 15 is 0 Å². The largest absolute Gasteiger partial charge is 0.317 e. The minimum absolute atomic E-state index is 0.500. The van der Waals surface area contributed by atoms with Gasteiger partial charge in [0.05, 0.1) is 0 Å². The van der Waals surface area contributed by atoms with Gasteiger partial charge in [0.25, 0.3) is 0 Å². The molecule has 1 fully saturated rings. The first-order chi connectivity index (χ1) is 4.64. The predicted octanol–water partition coefficient (Wildman–Crippen LogP) is 1.12. The molecule has 0 unspecified atom stereocenters. The van der Waals surface area contributed by atoms with Crippen molar-refractivity contribution in [1.82, 2.24) is 5.32 Å². The first-order valence-corrected chi connectivity index (χ1v) is 5.43. The van der Waals surface area contributed by atoms with Crippen molar-refractivity contribution >= 4 is 10.6 Å². The van der Waals surface area contributed by atoms with Crippen LogP contribution in [-0.2, 0) is 0 Å². The lowest BCUT2D eigenvalue weighted by atomic mass is 10.2. The normalized spacial score (nSPS) is 29.9. The van der Waals surface area contributed by atoms with Crippen molar-refractivity contribution in [2.75, 3.05) is 18.6 Å². The summed E-state index contributed by atoms with van der Waals surface area (Å²) in [6, 6.07) is 0.500. The van der Waals surface area contributed by atoms with Crippen molar-refractivity contribution in [3.63, 3.8) is 0 Å². The van der Waals surface area contributed by atoms with E-state index in [1.165, 1.54) is 0 Å². The summed E-state index contributed by atoms with van der Waals surface area (Å²) in [6.45, 7) is 0. The lowest BCUT2D eigenvalue weighted by Gasteiger charge is -2.39. The van der Waals surface area contributed by atoms with E-state index in [0.717, 1.165) is 12.8 Å². The van der Waals surface area contributed by atoms with Gasteiger partial charge in [-0.2, -0.15) is 10.6 Å². The average molecular weight is 165 g/mol. The first-order valence-electron chi connectivity index (χ1n) is 3.55. The summed E-state index contributed by atoms with van der Waals surface area (Å²) < 4.78 is 18.4. The maximum atomic E-state index is 9.20. The second-order valence-corrected chi connectivity index (χ2v) is 5.19. The van der Waals surface area contributed by atoms with Crippen molar-refractivity contribution in [2.24, 2.45) is 0 Å². The van der Waals surface area contributed by atoms with Crippen LogP contribution < -0.4 is 5.32 Å². The molecule has 0 aromatic carbocycles. The molecule has 10 heavy (non-hydrogen) atoms. The quantitative estimate of drug-likeness (QED) is 0.545. The summed E-state index contributed by atoms with van der Waals surface area (Å²) in [5.74, 6) is 1.16. The molecule has 1 saturated heterocycles. The third kappa shape index (κ3) is 2.12. The van der Waals surface area contributed by atoms with E-state index < -0.39 is 10.6 Å². The summed E-state index contributed by atoms with van der Waals surface area (Å²) in [4.78, 5) is 0. The highest BCUT2D eigenvalue weighted by Crippen LogP contribution is 2.43. The second kappa shape index (κ2) is 3.09. The monoisotopic (exact) mass is 165 g/mol. The highest BCUT2D eigenvalue weighted by atomic mass is 32.3. The Bertz CT molecular complexity index is 108. The van der Waals surface area contributed by atoms with Gasteiger partial charge in [0, 0.05) is 17.5 Å². The van der Waals surface area contributed by atoms with Gasteiger partial charge in [0.1, 0.15) is 0 Å².